The Bertz CT molecular complexity index is 421. The number of amides is 1. The van der Waals surface area contributed by atoms with Crippen molar-refractivity contribution in [2.45, 2.75) is 26.3 Å². The fourth-order valence-electron chi connectivity index (χ4n) is 1.68. The smallest absolute Gasteiger partial charge is 0.257 e. The molecule has 1 rings (SSSR count). The van der Waals surface area contributed by atoms with Gasteiger partial charge in [0, 0.05) is 12.6 Å². The van der Waals surface area contributed by atoms with E-state index in [1.807, 2.05) is 13.8 Å². The highest BCUT2D eigenvalue weighted by Gasteiger charge is 2.22. The lowest BCUT2D eigenvalue weighted by Crippen LogP contribution is -2.39. The summed E-state index contributed by atoms with van der Waals surface area (Å²) in [5, 5.41) is 0. The number of benzene rings is 1. The van der Waals surface area contributed by atoms with Gasteiger partial charge in [-0.2, -0.15) is 0 Å². The molecule has 0 saturated carbocycles. The summed E-state index contributed by atoms with van der Waals surface area (Å²) in [5.41, 5.74) is 5.16. The van der Waals surface area contributed by atoms with Crippen molar-refractivity contribution in [2.75, 3.05) is 13.1 Å². The Morgan fingerprint density at radius 3 is 2.61 bits per heavy atom. The third kappa shape index (κ3) is 3.26. The van der Waals surface area contributed by atoms with Crippen LogP contribution < -0.4 is 5.73 Å². The molecule has 0 aliphatic carbocycles. The van der Waals surface area contributed by atoms with Crippen LogP contribution in [0.1, 0.15) is 30.6 Å². The standard InChI is InChI=1S/C13H18F2N2O/c1-9(2)17(8-4-7-16)13(18)10-5-3-6-11(14)12(10)15/h3,5-6,9H,4,7-8,16H2,1-2H3. The van der Waals surface area contributed by atoms with E-state index in [0.717, 1.165) is 6.07 Å². The molecule has 0 radical (unpaired) electrons. The minimum absolute atomic E-state index is 0.0910. The van der Waals surface area contributed by atoms with Gasteiger partial charge < -0.3 is 10.6 Å². The average molecular weight is 256 g/mol. The van der Waals surface area contributed by atoms with Crippen LogP contribution in [-0.4, -0.2) is 29.9 Å². The zero-order valence-electron chi connectivity index (χ0n) is 10.6. The number of carbonyl (C=O) groups is 1. The molecular weight excluding hydrogens is 238 g/mol. The number of nitrogens with zero attached hydrogens (tertiary/aromatic N) is 1. The highest BCUT2D eigenvalue weighted by molar-refractivity contribution is 5.94. The Balaban J connectivity index is 2.98. The molecule has 0 saturated heterocycles. The first-order valence-electron chi connectivity index (χ1n) is 5.94. The van der Waals surface area contributed by atoms with E-state index in [1.54, 1.807) is 0 Å². The van der Waals surface area contributed by atoms with Crippen molar-refractivity contribution in [3.63, 3.8) is 0 Å². The van der Waals surface area contributed by atoms with Crippen LogP contribution in [0.5, 0.6) is 0 Å². The number of halogens is 2. The van der Waals surface area contributed by atoms with Gasteiger partial charge in [0.25, 0.3) is 5.91 Å². The highest BCUT2D eigenvalue weighted by Crippen LogP contribution is 2.15. The van der Waals surface area contributed by atoms with Crippen molar-refractivity contribution in [1.82, 2.24) is 4.90 Å². The molecule has 0 aromatic heterocycles. The van der Waals surface area contributed by atoms with Gasteiger partial charge >= 0.3 is 0 Å². The van der Waals surface area contributed by atoms with E-state index in [0.29, 0.717) is 19.5 Å². The quantitative estimate of drug-likeness (QED) is 0.877. The monoisotopic (exact) mass is 256 g/mol. The molecule has 2 N–H and O–H groups in total. The summed E-state index contributed by atoms with van der Waals surface area (Å²) in [6, 6.07) is 3.52. The summed E-state index contributed by atoms with van der Waals surface area (Å²) in [5.74, 6) is -2.61. The van der Waals surface area contributed by atoms with Gasteiger partial charge in [0.2, 0.25) is 0 Å². The Morgan fingerprint density at radius 1 is 1.39 bits per heavy atom. The van der Waals surface area contributed by atoms with Crippen LogP contribution in [0.25, 0.3) is 0 Å². The van der Waals surface area contributed by atoms with E-state index < -0.39 is 17.5 Å². The van der Waals surface area contributed by atoms with E-state index in [1.165, 1.54) is 17.0 Å². The number of hydrogen-bond donors (Lipinski definition) is 1. The van der Waals surface area contributed by atoms with Crippen LogP contribution in [0.3, 0.4) is 0 Å². The topological polar surface area (TPSA) is 46.3 Å². The van der Waals surface area contributed by atoms with Gasteiger partial charge in [-0.1, -0.05) is 6.07 Å². The Hall–Kier alpha value is -1.49. The zero-order valence-corrected chi connectivity index (χ0v) is 10.6. The molecule has 0 heterocycles. The predicted octanol–water partition coefficient (Wildman–Crippen LogP) is 2.16. The molecule has 100 valence electrons. The fourth-order valence-corrected chi connectivity index (χ4v) is 1.68. The summed E-state index contributed by atoms with van der Waals surface area (Å²) in [6.45, 7) is 4.53. The lowest BCUT2D eigenvalue weighted by molar-refractivity contribution is 0.0699. The maximum Gasteiger partial charge on any atom is 0.257 e. The number of rotatable bonds is 5. The number of carbonyl (C=O) groups excluding carboxylic acids is 1. The normalized spacial score (nSPS) is 10.8. The predicted molar refractivity (Wildman–Crippen MR) is 66.2 cm³/mol. The largest absolute Gasteiger partial charge is 0.336 e. The molecule has 5 heteroatoms. The molecule has 18 heavy (non-hydrogen) atoms. The molecule has 0 atom stereocenters. The summed E-state index contributed by atoms with van der Waals surface area (Å²) in [4.78, 5) is 13.6. The van der Waals surface area contributed by atoms with Gasteiger partial charge in [0.05, 0.1) is 5.56 Å². The Labute approximate surface area is 106 Å². The van der Waals surface area contributed by atoms with Gasteiger partial charge in [-0.05, 0) is 38.9 Å². The van der Waals surface area contributed by atoms with Gasteiger partial charge in [-0.15, -0.1) is 0 Å². The molecule has 1 aromatic rings. The second-order valence-corrected chi connectivity index (χ2v) is 4.34. The molecule has 0 aliphatic rings. The van der Waals surface area contributed by atoms with E-state index in [2.05, 4.69) is 0 Å². The molecule has 0 unspecified atom stereocenters. The summed E-state index contributed by atoms with van der Waals surface area (Å²) >= 11 is 0. The third-order valence-corrected chi connectivity index (χ3v) is 2.67. The molecule has 1 aromatic carbocycles. The molecule has 0 bridgehead atoms. The van der Waals surface area contributed by atoms with E-state index in [9.17, 15) is 13.6 Å². The molecule has 0 aliphatic heterocycles. The lowest BCUT2D eigenvalue weighted by Gasteiger charge is -2.26. The summed E-state index contributed by atoms with van der Waals surface area (Å²) in [7, 11) is 0. The summed E-state index contributed by atoms with van der Waals surface area (Å²) < 4.78 is 26.6. The van der Waals surface area contributed by atoms with Gasteiger partial charge in [0.1, 0.15) is 0 Å². The second-order valence-electron chi connectivity index (χ2n) is 4.34. The van der Waals surface area contributed by atoms with Gasteiger partial charge in [-0.25, -0.2) is 8.78 Å². The van der Waals surface area contributed by atoms with Crippen LogP contribution >= 0.6 is 0 Å². The van der Waals surface area contributed by atoms with Crippen molar-refractivity contribution in [1.29, 1.82) is 0 Å². The first kappa shape index (κ1) is 14.6. The van der Waals surface area contributed by atoms with E-state index >= 15 is 0 Å². The first-order chi connectivity index (χ1) is 8.49. The van der Waals surface area contributed by atoms with Crippen molar-refractivity contribution < 1.29 is 13.6 Å². The minimum atomic E-state index is -1.10. The number of nitrogens with two attached hydrogens (primary N) is 1. The van der Waals surface area contributed by atoms with Crippen molar-refractivity contribution in [3.05, 3.63) is 35.4 Å². The molecule has 1 amide bonds. The molecular formula is C13H18F2N2O. The van der Waals surface area contributed by atoms with Crippen LogP contribution in [0, 0.1) is 11.6 Å². The van der Waals surface area contributed by atoms with E-state index in [4.69, 9.17) is 5.73 Å². The van der Waals surface area contributed by atoms with Crippen LogP contribution in [0.2, 0.25) is 0 Å². The van der Waals surface area contributed by atoms with Crippen molar-refractivity contribution in [2.24, 2.45) is 5.73 Å². The van der Waals surface area contributed by atoms with Gasteiger partial charge in [0.15, 0.2) is 11.6 Å². The maximum atomic E-state index is 13.6. The summed E-state index contributed by atoms with van der Waals surface area (Å²) in [6.07, 6.45) is 0.626. The average Bonchev–Trinajstić information content (AvgIpc) is 2.32. The first-order valence-corrected chi connectivity index (χ1v) is 5.94. The molecule has 0 fully saturated rings. The second kappa shape index (κ2) is 6.44. The fraction of sp³-hybridized carbons (Fsp3) is 0.462. The third-order valence-electron chi connectivity index (χ3n) is 2.67. The van der Waals surface area contributed by atoms with Gasteiger partial charge in [-0.3, -0.25) is 4.79 Å². The SMILES string of the molecule is CC(C)N(CCCN)C(=O)c1cccc(F)c1F. The van der Waals surface area contributed by atoms with E-state index in [-0.39, 0.29) is 11.6 Å². The minimum Gasteiger partial charge on any atom is -0.336 e. The maximum absolute atomic E-state index is 13.6. The molecule has 3 nitrogen and oxygen atoms in total. The number of hydrogen-bond acceptors (Lipinski definition) is 2. The Morgan fingerprint density at radius 2 is 2.06 bits per heavy atom. The van der Waals surface area contributed by atoms with Crippen LogP contribution in [-0.2, 0) is 0 Å². The van der Waals surface area contributed by atoms with Crippen molar-refractivity contribution in [3.8, 4) is 0 Å². The Kier molecular flexibility index (Phi) is 5.22. The lowest BCUT2D eigenvalue weighted by atomic mass is 10.1. The zero-order chi connectivity index (χ0) is 13.7. The molecule has 0 spiro atoms. The van der Waals surface area contributed by atoms with Crippen LogP contribution in [0.4, 0.5) is 8.78 Å². The van der Waals surface area contributed by atoms with Crippen molar-refractivity contribution >= 4 is 5.91 Å². The van der Waals surface area contributed by atoms with Crippen LogP contribution in [0.15, 0.2) is 18.2 Å². The highest BCUT2D eigenvalue weighted by atomic mass is 19.2.